The summed E-state index contributed by atoms with van der Waals surface area (Å²) in [5, 5.41) is 4.68. The van der Waals surface area contributed by atoms with Gasteiger partial charge < -0.3 is 5.73 Å². The van der Waals surface area contributed by atoms with E-state index < -0.39 is 0 Å². The molecule has 0 aliphatic heterocycles. The van der Waals surface area contributed by atoms with E-state index in [0.29, 0.717) is 10.8 Å². The molecule has 0 fully saturated rings. The maximum atomic E-state index is 13.0. The number of benzene rings is 1. The number of thioether (sulfide) groups is 1. The lowest BCUT2D eigenvalue weighted by Gasteiger charge is -2.01. The van der Waals surface area contributed by atoms with Crippen LogP contribution in [0.25, 0.3) is 5.69 Å². The van der Waals surface area contributed by atoms with Gasteiger partial charge in [0, 0.05) is 0 Å². The van der Waals surface area contributed by atoms with Crippen molar-refractivity contribution in [3.05, 3.63) is 30.1 Å². The molecular weight excluding hydrogens is 215 g/mol. The second-order valence-corrected chi connectivity index (χ2v) is 3.62. The third-order valence-electron chi connectivity index (χ3n) is 1.85. The van der Waals surface area contributed by atoms with Crippen LogP contribution in [0.3, 0.4) is 0 Å². The molecule has 0 aliphatic carbocycles. The van der Waals surface area contributed by atoms with Gasteiger partial charge in [-0.1, -0.05) is 17.8 Å². The van der Waals surface area contributed by atoms with E-state index in [1.54, 1.807) is 12.1 Å². The van der Waals surface area contributed by atoms with Gasteiger partial charge in [0.2, 0.25) is 11.1 Å². The summed E-state index contributed by atoms with van der Waals surface area (Å²) in [7, 11) is 0. The van der Waals surface area contributed by atoms with Crippen LogP contribution in [0.5, 0.6) is 0 Å². The number of hydrogen-bond acceptors (Lipinski definition) is 4. The molecule has 2 aromatic rings. The van der Waals surface area contributed by atoms with Crippen LogP contribution in [0.1, 0.15) is 0 Å². The normalized spacial score (nSPS) is 10.5. The number of rotatable bonds is 2. The standard InChI is InChI=1S/C9H9FN4S/c1-15-9-12-8(11)14(13-9)7-4-2-3-6(10)5-7/h2-5H,1H3,(H2,11,12,13). The van der Waals surface area contributed by atoms with Crippen LogP contribution < -0.4 is 5.73 Å². The largest absolute Gasteiger partial charge is 0.368 e. The van der Waals surface area contributed by atoms with Gasteiger partial charge in [-0.25, -0.2) is 4.39 Å². The van der Waals surface area contributed by atoms with E-state index in [0.717, 1.165) is 0 Å². The molecule has 0 amide bonds. The van der Waals surface area contributed by atoms with Gasteiger partial charge in [-0.3, -0.25) is 0 Å². The molecule has 1 aromatic carbocycles. The highest BCUT2D eigenvalue weighted by Crippen LogP contribution is 2.16. The van der Waals surface area contributed by atoms with Crippen LogP contribution in [0, 0.1) is 5.82 Å². The number of hydrogen-bond donors (Lipinski definition) is 1. The summed E-state index contributed by atoms with van der Waals surface area (Å²) in [6.07, 6.45) is 1.85. The predicted molar refractivity (Wildman–Crippen MR) is 57.5 cm³/mol. The first kappa shape index (κ1) is 9.97. The van der Waals surface area contributed by atoms with Gasteiger partial charge in [0.1, 0.15) is 5.82 Å². The van der Waals surface area contributed by atoms with Gasteiger partial charge in [-0.2, -0.15) is 9.67 Å². The van der Waals surface area contributed by atoms with Crippen LogP contribution in [0.2, 0.25) is 0 Å². The van der Waals surface area contributed by atoms with Crippen molar-refractivity contribution >= 4 is 17.7 Å². The maximum absolute atomic E-state index is 13.0. The average Bonchev–Trinajstić information content (AvgIpc) is 2.60. The lowest BCUT2D eigenvalue weighted by Crippen LogP contribution is -2.02. The lowest BCUT2D eigenvalue weighted by atomic mass is 10.3. The first-order valence-electron chi connectivity index (χ1n) is 4.23. The Kier molecular flexibility index (Phi) is 2.59. The zero-order chi connectivity index (χ0) is 10.8. The molecule has 78 valence electrons. The molecule has 2 rings (SSSR count). The Morgan fingerprint density at radius 2 is 2.27 bits per heavy atom. The lowest BCUT2D eigenvalue weighted by molar-refractivity contribution is 0.625. The van der Waals surface area contributed by atoms with Crippen LogP contribution in [-0.2, 0) is 0 Å². The molecular formula is C9H9FN4S. The van der Waals surface area contributed by atoms with Crippen molar-refractivity contribution in [3.63, 3.8) is 0 Å². The average molecular weight is 224 g/mol. The van der Waals surface area contributed by atoms with Crippen molar-refractivity contribution in [2.24, 2.45) is 0 Å². The first-order valence-corrected chi connectivity index (χ1v) is 5.45. The minimum absolute atomic E-state index is 0.255. The Balaban J connectivity index is 2.48. The number of anilines is 1. The van der Waals surface area contributed by atoms with Gasteiger partial charge in [0.05, 0.1) is 5.69 Å². The van der Waals surface area contributed by atoms with Crippen LogP contribution >= 0.6 is 11.8 Å². The number of nitrogens with zero attached hydrogens (tertiary/aromatic N) is 3. The first-order chi connectivity index (χ1) is 7.20. The van der Waals surface area contributed by atoms with Crippen molar-refractivity contribution in [2.75, 3.05) is 12.0 Å². The number of halogens is 1. The molecule has 0 atom stereocenters. The second-order valence-electron chi connectivity index (χ2n) is 2.85. The van der Waals surface area contributed by atoms with Gasteiger partial charge in [0.15, 0.2) is 0 Å². The SMILES string of the molecule is CSc1nc(N)n(-c2cccc(F)c2)n1. The molecule has 6 heteroatoms. The van der Waals surface area contributed by atoms with E-state index in [-0.39, 0.29) is 11.8 Å². The molecule has 0 aliphatic rings. The van der Waals surface area contributed by atoms with Crippen LogP contribution in [-0.4, -0.2) is 21.0 Å². The van der Waals surface area contributed by atoms with Crippen molar-refractivity contribution < 1.29 is 4.39 Å². The van der Waals surface area contributed by atoms with Gasteiger partial charge in [-0.15, -0.1) is 5.10 Å². The topological polar surface area (TPSA) is 56.7 Å². The number of nitrogen functional groups attached to an aromatic ring is 1. The predicted octanol–water partition coefficient (Wildman–Crippen LogP) is 1.71. The number of nitrogens with two attached hydrogens (primary N) is 1. The molecule has 0 saturated carbocycles. The van der Waals surface area contributed by atoms with Crippen molar-refractivity contribution in [1.29, 1.82) is 0 Å². The number of aromatic nitrogens is 3. The minimum atomic E-state index is -0.326. The fourth-order valence-electron chi connectivity index (χ4n) is 1.19. The summed E-state index contributed by atoms with van der Waals surface area (Å²) < 4.78 is 14.4. The minimum Gasteiger partial charge on any atom is -0.368 e. The van der Waals surface area contributed by atoms with E-state index in [2.05, 4.69) is 10.1 Å². The van der Waals surface area contributed by atoms with Crippen molar-refractivity contribution in [2.45, 2.75) is 5.16 Å². The van der Waals surface area contributed by atoms with Crippen molar-refractivity contribution in [1.82, 2.24) is 14.8 Å². The van der Waals surface area contributed by atoms with Gasteiger partial charge >= 0.3 is 0 Å². The van der Waals surface area contributed by atoms with Gasteiger partial charge in [-0.05, 0) is 24.5 Å². The van der Waals surface area contributed by atoms with Crippen molar-refractivity contribution in [3.8, 4) is 5.69 Å². The van der Waals surface area contributed by atoms with E-state index in [9.17, 15) is 4.39 Å². The fraction of sp³-hybridized carbons (Fsp3) is 0.111. The Hall–Kier alpha value is -1.56. The Morgan fingerprint density at radius 3 is 2.87 bits per heavy atom. The molecule has 2 N–H and O–H groups in total. The molecule has 0 spiro atoms. The van der Waals surface area contributed by atoms with E-state index in [4.69, 9.17) is 5.73 Å². The summed E-state index contributed by atoms with van der Waals surface area (Å²) >= 11 is 1.39. The summed E-state index contributed by atoms with van der Waals surface area (Å²) in [5.41, 5.74) is 6.22. The highest BCUT2D eigenvalue weighted by molar-refractivity contribution is 7.98. The Labute approximate surface area is 90.3 Å². The Morgan fingerprint density at radius 1 is 1.47 bits per heavy atom. The quantitative estimate of drug-likeness (QED) is 0.789. The summed E-state index contributed by atoms with van der Waals surface area (Å²) in [5.74, 6) is -0.0712. The zero-order valence-corrected chi connectivity index (χ0v) is 8.83. The molecule has 0 radical (unpaired) electrons. The molecule has 15 heavy (non-hydrogen) atoms. The molecule has 0 saturated heterocycles. The monoisotopic (exact) mass is 224 g/mol. The van der Waals surface area contributed by atoms with E-state index in [1.165, 1.54) is 28.6 Å². The smallest absolute Gasteiger partial charge is 0.224 e. The van der Waals surface area contributed by atoms with Crippen LogP contribution in [0.15, 0.2) is 29.4 Å². The summed E-state index contributed by atoms with van der Waals surface area (Å²) in [6.45, 7) is 0. The molecule has 0 unspecified atom stereocenters. The van der Waals surface area contributed by atoms with E-state index >= 15 is 0 Å². The van der Waals surface area contributed by atoms with Gasteiger partial charge in [0.25, 0.3) is 0 Å². The second kappa shape index (κ2) is 3.90. The Bertz CT molecular complexity index is 483. The highest BCUT2D eigenvalue weighted by Gasteiger charge is 2.07. The summed E-state index contributed by atoms with van der Waals surface area (Å²) in [4.78, 5) is 4.01. The molecule has 0 bridgehead atoms. The third-order valence-corrected chi connectivity index (χ3v) is 2.39. The summed E-state index contributed by atoms with van der Waals surface area (Å²) in [6, 6.07) is 6.05. The zero-order valence-electron chi connectivity index (χ0n) is 8.01. The van der Waals surface area contributed by atoms with E-state index in [1.807, 2.05) is 6.26 Å². The fourth-order valence-corrected chi connectivity index (χ4v) is 1.54. The molecule has 1 aromatic heterocycles. The third kappa shape index (κ3) is 1.94. The maximum Gasteiger partial charge on any atom is 0.224 e. The van der Waals surface area contributed by atoms with Crippen LogP contribution in [0.4, 0.5) is 10.3 Å². The highest BCUT2D eigenvalue weighted by atomic mass is 32.2. The molecule has 4 nitrogen and oxygen atoms in total. The molecule has 1 heterocycles.